The zero-order chi connectivity index (χ0) is 12.7. The third kappa shape index (κ3) is 4.68. The molecule has 0 spiro atoms. The van der Waals surface area contributed by atoms with Crippen LogP contribution in [0.2, 0.25) is 0 Å². The van der Waals surface area contributed by atoms with E-state index in [1.54, 1.807) is 11.9 Å². The number of carbonyl (C=O) groups is 1. The lowest BCUT2D eigenvalue weighted by Gasteiger charge is -2.14. The molecule has 0 bridgehead atoms. The van der Waals surface area contributed by atoms with Crippen molar-refractivity contribution in [1.82, 2.24) is 0 Å². The van der Waals surface area contributed by atoms with Crippen LogP contribution in [-0.4, -0.2) is 25.3 Å². The van der Waals surface area contributed by atoms with E-state index in [1.165, 1.54) is 0 Å². The van der Waals surface area contributed by atoms with Gasteiger partial charge in [0.25, 0.3) is 0 Å². The van der Waals surface area contributed by atoms with Gasteiger partial charge in [-0.2, -0.15) is 5.10 Å². The van der Waals surface area contributed by atoms with Gasteiger partial charge < -0.3 is 4.74 Å². The summed E-state index contributed by atoms with van der Waals surface area (Å²) in [5, 5.41) is 6.06. The number of para-hydroxylation sites is 1. The first-order valence-electron chi connectivity index (χ1n) is 5.62. The number of ether oxygens (including phenoxy) is 1. The van der Waals surface area contributed by atoms with Gasteiger partial charge in [-0.25, -0.2) is 0 Å². The van der Waals surface area contributed by atoms with Crippen LogP contribution in [-0.2, 0) is 9.53 Å². The summed E-state index contributed by atoms with van der Waals surface area (Å²) in [4.78, 5) is 11.2. The molecule has 0 aromatic heterocycles. The molecule has 1 rings (SSSR count). The number of carbonyl (C=O) groups excluding carboxylic acids is 1. The highest BCUT2D eigenvalue weighted by atomic mass is 16.5. The first-order chi connectivity index (χ1) is 8.13. The molecule has 0 aliphatic carbocycles. The van der Waals surface area contributed by atoms with Crippen molar-refractivity contribution in [2.75, 3.05) is 18.7 Å². The number of nitrogens with zero attached hydrogens (tertiary/aromatic N) is 2. The maximum Gasteiger partial charge on any atom is 0.311 e. The Kier molecular flexibility index (Phi) is 5.20. The second-order valence-corrected chi connectivity index (χ2v) is 3.68. The summed E-state index contributed by atoms with van der Waals surface area (Å²) in [6.07, 6.45) is 0.227. The van der Waals surface area contributed by atoms with E-state index in [0.29, 0.717) is 6.61 Å². The van der Waals surface area contributed by atoms with E-state index in [0.717, 1.165) is 11.4 Å². The topological polar surface area (TPSA) is 41.9 Å². The second kappa shape index (κ2) is 6.68. The number of benzene rings is 1. The monoisotopic (exact) mass is 234 g/mol. The fourth-order valence-corrected chi connectivity index (χ4v) is 1.41. The third-order valence-corrected chi connectivity index (χ3v) is 2.16. The smallest absolute Gasteiger partial charge is 0.311 e. The molecule has 0 aliphatic heterocycles. The van der Waals surface area contributed by atoms with Crippen molar-refractivity contribution >= 4 is 17.4 Å². The molecule has 0 aliphatic rings. The molecule has 0 saturated carbocycles. The van der Waals surface area contributed by atoms with Crippen LogP contribution >= 0.6 is 0 Å². The van der Waals surface area contributed by atoms with Crippen molar-refractivity contribution in [3.8, 4) is 0 Å². The van der Waals surface area contributed by atoms with Gasteiger partial charge in [0.1, 0.15) is 0 Å². The van der Waals surface area contributed by atoms with Gasteiger partial charge in [0.2, 0.25) is 0 Å². The Morgan fingerprint density at radius 1 is 1.35 bits per heavy atom. The number of hydrogen-bond donors (Lipinski definition) is 0. The van der Waals surface area contributed by atoms with E-state index in [1.807, 2.05) is 44.3 Å². The van der Waals surface area contributed by atoms with E-state index in [-0.39, 0.29) is 12.4 Å². The summed E-state index contributed by atoms with van der Waals surface area (Å²) in [6.45, 7) is 4.01. The number of anilines is 1. The maximum absolute atomic E-state index is 11.2. The van der Waals surface area contributed by atoms with Gasteiger partial charge in [-0.1, -0.05) is 18.2 Å². The molecular weight excluding hydrogens is 216 g/mol. The molecule has 1 aromatic carbocycles. The zero-order valence-electron chi connectivity index (χ0n) is 10.5. The second-order valence-electron chi connectivity index (χ2n) is 3.68. The molecule has 0 unspecified atom stereocenters. The van der Waals surface area contributed by atoms with Crippen molar-refractivity contribution in [2.24, 2.45) is 5.10 Å². The van der Waals surface area contributed by atoms with E-state index in [4.69, 9.17) is 4.74 Å². The van der Waals surface area contributed by atoms with Crippen LogP contribution in [0.25, 0.3) is 0 Å². The van der Waals surface area contributed by atoms with Crippen molar-refractivity contribution in [2.45, 2.75) is 20.3 Å². The van der Waals surface area contributed by atoms with Crippen molar-refractivity contribution in [1.29, 1.82) is 0 Å². The summed E-state index contributed by atoms with van der Waals surface area (Å²) in [5.41, 5.74) is 1.71. The minimum absolute atomic E-state index is 0.227. The molecule has 0 atom stereocenters. The average molecular weight is 234 g/mol. The molecule has 0 amide bonds. The van der Waals surface area contributed by atoms with Crippen LogP contribution < -0.4 is 5.01 Å². The SMILES string of the molecule is CCOC(=O)C/C(C)=N/N(C)c1ccccc1. The van der Waals surface area contributed by atoms with Crippen LogP contribution in [0.1, 0.15) is 20.3 Å². The normalized spacial score (nSPS) is 11.1. The predicted octanol–water partition coefficient (Wildman–Crippen LogP) is 2.45. The summed E-state index contributed by atoms with van der Waals surface area (Å²) >= 11 is 0. The Labute approximate surface area is 102 Å². The summed E-state index contributed by atoms with van der Waals surface area (Å²) in [6, 6.07) is 9.76. The van der Waals surface area contributed by atoms with Gasteiger partial charge in [0.05, 0.1) is 18.7 Å². The quantitative estimate of drug-likeness (QED) is 0.446. The first kappa shape index (κ1) is 13.2. The number of hydrogen-bond acceptors (Lipinski definition) is 4. The highest BCUT2D eigenvalue weighted by molar-refractivity contribution is 5.97. The first-order valence-corrected chi connectivity index (χ1v) is 5.62. The van der Waals surface area contributed by atoms with E-state index in [2.05, 4.69) is 5.10 Å². The Hall–Kier alpha value is -1.84. The van der Waals surface area contributed by atoms with Crippen LogP contribution in [0.4, 0.5) is 5.69 Å². The summed E-state index contributed by atoms with van der Waals surface area (Å²) in [7, 11) is 1.85. The maximum atomic E-state index is 11.2. The molecule has 0 N–H and O–H groups in total. The molecule has 4 nitrogen and oxygen atoms in total. The molecule has 0 radical (unpaired) electrons. The Morgan fingerprint density at radius 2 is 2.00 bits per heavy atom. The van der Waals surface area contributed by atoms with E-state index < -0.39 is 0 Å². The van der Waals surface area contributed by atoms with Crippen LogP contribution in [0.5, 0.6) is 0 Å². The summed E-state index contributed by atoms with van der Waals surface area (Å²) < 4.78 is 4.86. The van der Waals surface area contributed by atoms with Crippen molar-refractivity contribution in [3.05, 3.63) is 30.3 Å². The van der Waals surface area contributed by atoms with E-state index in [9.17, 15) is 4.79 Å². The molecule has 0 heterocycles. The standard InChI is InChI=1S/C13H18N2O2/c1-4-17-13(16)10-11(2)14-15(3)12-8-6-5-7-9-12/h5-9H,4,10H2,1-3H3/b14-11+. The minimum atomic E-state index is -0.241. The van der Waals surface area contributed by atoms with Crippen molar-refractivity contribution < 1.29 is 9.53 Å². The Bertz CT molecular complexity index is 388. The van der Waals surface area contributed by atoms with E-state index >= 15 is 0 Å². The molecule has 4 heteroatoms. The van der Waals surface area contributed by atoms with Gasteiger partial charge in [-0.05, 0) is 26.0 Å². The van der Waals surface area contributed by atoms with Gasteiger partial charge >= 0.3 is 5.97 Å². The highest BCUT2D eigenvalue weighted by Gasteiger charge is 2.05. The fourth-order valence-electron chi connectivity index (χ4n) is 1.41. The predicted molar refractivity (Wildman–Crippen MR) is 69.2 cm³/mol. The van der Waals surface area contributed by atoms with Crippen LogP contribution in [0, 0.1) is 0 Å². The number of esters is 1. The summed E-state index contributed by atoms with van der Waals surface area (Å²) in [5.74, 6) is -0.241. The third-order valence-electron chi connectivity index (χ3n) is 2.16. The lowest BCUT2D eigenvalue weighted by molar-refractivity contribution is -0.141. The molecule has 17 heavy (non-hydrogen) atoms. The largest absolute Gasteiger partial charge is 0.466 e. The Morgan fingerprint density at radius 3 is 2.59 bits per heavy atom. The van der Waals surface area contributed by atoms with Gasteiger partial charge in [-0.15, -0.1) is 0 Å². The van der Waals surface area contributed by atoms with Gasteiger partial charge in [0, 0.05) is 12.8 Å². The zero-order valence-corrected chi connectivity index (χ0v) is 10.5. The van der Waals surface area contributed by atoms with Crippen LogP contribution in [0.15, 0.2) is 35.4 Å². The molecular formula is C13H18N2O2. The average Bonchev–Trinajstić information content (AvgIpc) is 2.30. The van der Waals surface area contributed by atoms with Crippen molar-refractivity contribution in [3.63, 3.8) is 0 Å². The Balaban J connectivity index is 2.59. The van der Waals surface area contributed by atoms with Gasteiger partial charge in [0.15, 0.2) is 0 Å². The van der Waals surface area contributed by atoms with Crippen LogP contribution in [0.3, 0.4) is 0 Å². The van der Waals surface area contributed by atoms with Gasteiger partial charge in [-0.3, -0.25) is 9.80 Å². The minimum Gasteiger partial charge on any atom is -0.466 e. The molecule has 92 valence electrons. The number of rotatable bonds is 5. The fraction of sp³-hybridized carbons (Fsp3) is 0.385. The molecule has 0 fully saturated rings. The number of hydrazone groups is 1. The highest BCUT2D eigenvalue weighted by Crippen LogP contribution is 2.11. The lowest BCUT2D eigenvalue weighted by atomic mass is 10.3. The molecule has 0 saturated heterocycles. The molecule has 1 aromatic rings. The lowest BCUT2D eigenvalue weighted by Crippen LogP contribution is -2.15.